The van der Waals surface area contributed by atoms with Gasteiger partial charge >= 0.3 is 19.7 Å². The molecule has 0 saturated heterocycles. The summed E-state index contributed by atoms with van der Waals surface area (Å²) in [6, 6.07) is 2.14. The minimum Gasteiger partial charge on any atom is -0.504 e. The molecule has 0 bridgehead atoms. The minimum absolute atomic E-state index is 0.00879. The molecule has 134 valence electrons. The maximum Gasteiger partial charge on any atom is 0.403 e. The number of rotatable bonds is 10. The number of hydrogen-bond acceptors (Lipinski definition) is 6. The molecule has 0 radical (unpaired) electrons. The van der Waals surface area contributed by atoms with Crippen LogP contribution in [0.1, 0.15) is 18.4 Å². The van der Waals surface area contributed by atoms with E-state index >= 15 is 0 Å². The molecule has 0 aromatic heterocycles. The van der Waals surface area contributed by atoms with E-state index in [9.17, 15) is 29.3 Å². The van der Waals surface area contributed by atoms with E-state index in [-0.39, 0.29) is 31.6 Å². The Morgan fingerprint density at radius 3 is 2.42 bits per heavy atom. The molecule has 1 rings (SSSR count). The summed E-state index contributed by atoms with van der Waals surface area (Å²) in [5.41, 5.74) is 0.302. The van der Waals surface area contributed by atoms with E-state index in [1.807, 2.05) is 5.09 Å². The van der Waals surface area contributed by atoms with E-state index in [2.05, 4.69) is 4.52 Å². The number of carboxylic acid groups (broad SMARTS) is 2. The first-order chi connectivity index (χ1) is 11.1. The number of carboxylic acids is 2. The van der Waals surface area contributed by atoms with Crippen LogP contribution in [0.25, 0.3) is 0 Å². The molecule has 0 aliphatic rings. The number of phenols is 2. The molecule has 1 aromatic rings. The van der Waals surface area contributed by atoms with Crippen molar-refractivity contribution < 1.29 is 44.0 Å². The van der Waals surface area contributed by atoms with Crippen LogP contribution >= 0.6 is 7.75 Å². The van der Waals surface area contributed by atoms with Crippen molar-refractivity contribution in [2.24, 2.45) is 0 Å². The molecule has 2 atom stereocenters. The van der Waals surface area contributed by atoms with Gasteiger partial charge in [0.15, 0.2) is 11.5 Å². The normalized spacial score (nSPS) is 14.7. The molecule has 10 nitrogen and oxygen atoms in total. The van der Waals surface area contributed by atoms with Gasteiger partial charge in [-0.15, -0.1) is 0 Å². The van der Waals surface area contributed by atoms with Crippen LogP contribution in [-0.4, -0.2) is 49.9 Å². The molecule has 24 heavy (non-hydrogen) atoms. The van der Waals surface area contributed by atoms with Gasteiger partial charge in [-0.2, -0.15) is 0 Å². The van der Waals surface area contributed by atoms with Crippen molar-refractivity contribution in [2.45, 2.75) is 25.3 Å². The van der Waals surface area contributed by atoms with Crippen LogP contribution in [-0.2, 0) is 25.1 Å². The predicted molar refractivity (Wildman–Crippen MR) is 80.7 cm³/mol. The number of aromatic hydroxyl groups is 2. The highest BCUT2D eigenvalue weighted by Gasteiger charge is 2.29. The summed E-state index contributed by atoms with van der Waals surface area (Å²) in [7, 11) is -4.46. The topological polar surface area (TPSA) is 174 Å². The molecule has 0 aliphatic heterocycles. The number of phenolic OH excluding ortho intramolecular Hbond substituents is 2. The lowest BCUT2D eigenvalue weighted by atomic mass is 10.1. The number of nitrogens with one attached hydrogen (secondary N) is 1. The Hall–Kier alpha value is -2.13. The number of benzene rings is 1. The zero-order valence-electron chi connectivity index (χ0n) is 12.5. The van der Waals surface area contributed by atoms with Gasteiger partial charge in [0.1, 0.15) is 6.04 Å². The molecule has 0 amide bonds. The van der Waals surface area contributed by atoms with Crippen molar-refractivity contribution in [3.63, 3.8) is 0 Å². The van der Waals surface area contributed by atoms with Crippen molar-refractivity contribution in [3.8, 4) is 11.5 Å². The fraction of sp³-hybridized carbons (Fsp3) is 0.385. The monoisotopic (exact) mass is 363 g/mol. The van der Waals surface area contributed by atoms with Crippen molar-refractivity contribution >= 4 is 19.7 Å². The Balaban J connectivity index is 2.67. The second-order valence-corrected chi connectivity index (χ2v) is 6.46. The summed E-state index contributed by atoms with van der Waals surface area (Å²) in [4.78, 5) is 31.1. The third kappa shape index (κ3) is 6.97. The van der Waals surface area contributed by atoms with Crippen LogP contribution in [0.3, 0.4) is 0 Å². The molecule has 0 spiro atoms. The van der Waals surface area contributed by atoms with Gasteiger partial charge in [0.2, 0.25) is 0 Å². The Kier molecular flexibility index (Phi) is 7.18. The average molecular weight is 363 g/mol. The first-order valence-electron chi connectivity index (χ1n) is 6.81. The van der Waals surface area contributed by atoms with Crippen LogP contribution in [0.4, 0.5) is 0 Å². The van der Waals surface area contributed by atoms with Gasteiger partial charge in [0, 0.05) is 6.42 Å². The molecule has 1 aromatic carbocycles. The van der Waals surface area contributed by atoms with Gasteiger partial charge in [0.25, 0.3) is 0 Å². The SMILES string of the molecule is O=C(O)CCCOP(=O)(O)N[C@@H](Cc1ccc(O)c(O)c1)C(=O)O. The fourth-order valence-corrected chi connectivity index (χ4v) is 2.81. The maximum absolute atomic E-state index is 11.8. The third-order valence-corrected chi connectivity index (χ3v) is 4.07. The fourth-order valence-electron chi connectivity index (χ4n) is 1.77. The lowest BCUT2D eigenvalue weighted by Crippen LogP contribution is -2.37. The Morgan fingerprint density at radius 2 is 1.88 bits per heavy atom. The second kappa shape index (κ2) is 8.65. The zero-order valence-corrected chi connectivity index (χ0v) is 13.3. The van der Waals surface area contributed by atoms with Crippen molar-refractivity contribution in [1.82, 2.24) is 5.09 Å². The van der Waals surface area contributed by atoms with Crippen molar-refractivity contribution in [2.75, 3.05) is 6.61 Å². The molecule has 1 unspecified atom stereocenters. The van der Waals surface area contributed by atoms with Gasteiger partial charge in [-0.25, -0.2) is 9.65 Å². The summed E-state index contributed by atoms with van der Waals surface area (Å²) in [6.07, 6.45) is -0.521. The molecule has 0 fully saturated rings. The summed E-state index contributed by atoms with van der Waals surface area (Å²) >= 11 is 0. The quantitative estimate of drug-likeness (QED) is 0.197. The number of carbonyl (C=O) groups is 2. The molecule has 6 N–H and O–H groups in total. The Morgan fingerprint density at radius 1 is 1.21 bits per heavy atom. The van der Waals surface area contributed by atoms with Crippen molar-refractivity contribution in [1.29, 1.82) is 0 Å². The van der Waals surface area contributed by atoms with Gasteiger partial charge < -0.3 is 25.3 Å². The van der Waals surface area contributed by atoms with Crippen LogP contribution in [0.15, 0.2) is 18.2 Å². The van der Waals surface area contributed by atoms with E-state index in [1.165, 1.54) is 6.07 Å². The van der Waals surface area contributed by atoms with Crippen LogP contribution in [0, 0.1) is 0 Å². The second-order valence-electron chi connectivity index (χ2n) is 4.90. The first-order valence-corrected chi connectivity index (χ1v) is 8.39. The van der Waals surface area contributed by atoms with Crippen molar-refractivity contribution in [3.05, 3.63) is 23.8 Å². The van der Waals surface area contributed by atoms with Gasteiger partial charge in [-0.1, -0.05) is 6.07 Å². The minimum atomic E-state index is -4.46. The Labute approximate surface area is 136 Å². The molecule has 0 heterocycles. The summed E-state index contributed by atoms with van der Waals surface area (Å²) in [6.45, 7) is -0.334. The Bertz CT molecular complexity index is 648. The van der Waals surface area contributed by atoms with Gasteiger partial charge in [-0.05, 0) is 30.5 Å². The molecule has 0 saturated carbocycles. The number of hydrogen-bond donors (Lipinski definition) is 6. The highest BCUT2D eigenvalue weighted by Crippen LogP contribution is 2.38. The number of aliphatic carboxylic acids is 2. The lowest BCUT2D eigenvalue weighted by Gasteiger charge is -2.19. The standard InChI is InChI=1S/C13H18NO9P/c15-10-4-3-8(7-11(10)16)6-9(13(19)20)14-24(21,22)23-5-1-2-12(17)18/h3-4,7,9,15-16H,1-2,5-6H2,(H,17,18)(H,19,20)(H2,14,21,22)/t9-/m0/s1. The van der Waals surface area contributed by atoms with E-state index in [0.717, 1.165) is 12.1 Å². The summed E-state index contributed by atoms with van der Waals surface area (Å²) in [5, 5.41) is 38.1. The summed E-state index contributed by atoms with van der Waals surface area (Å²) < 4.78 is 16.4. The zero-order chi connectivity index (χ0) is 18.3. The smallest absolute Gasteiger partial charge is 0.403 e. The van der Waals surface area contributed by atoms with E-state index in [4.69, 9.17) is 10.2 Å². The van der Waals surface area contributed by atoms with Gasteiger partial charge in [0.05, 0.1) is 6.61 Å². The largest absolute Gasteiger partial charge is 0.504 e. The molecular formula is C13H18NO9P. The third-order valence-electron chi connectivity index (χ3n) is 2.90. The maximum atomic E-state index is 11.8. The predicted octanol–water partition coefficient (Wildman–Crippen LogP) is 0.665. The van der Waals surface area contributed by atoms with Crippen LogP contribution in [0.5, 0.6) is 11.5 Å². The highest BCUT2D eigenvalue weighted by molar-refractivity contribution is 7.50. The molecule has 0 aliphatic carbocycles. The lowest BCUT2D eigenvalue weighted by molar-refractivity contribution is -0.139. The van der Waals surface area contributed by atoms with Gasteiger partial charge in [-0.3, -0.25) is 14.1 Å². The highest BCUT2D eigenvalue weighted by atomic mass is 31.2. The van der Waals surface area contributed by atoms with Crippen LogP contribution < -0.4 is 5.09 Å². The van der Waals surface area contributed by atoms with Crippen LogP contribution in [0.2, 0.25) is 0 Å². The van der Waals surface area contributed by atoms with E-state index in [0.29, 0.717) is 5.56 Å². The average Bonchev–Trinajstić information content (AvgIpc) is 2.46. The first kappa shape index (κ1) is 19.9. The summed E-state index contributed by atoms with van der Waals surface area (Å²) in [5.74, 6) is -3.34. The molecular weight excluding hydrogens is 345 g/mol. The molecule has 11 heteroatoms. The van der Waals surface area contributed by atoms with E-state index in [1.54, 1.807) is 0 Å². The van der Waals surface area contributed by atoms with E-state index < -0.39 is 31.5 Å².